The third kappa shape index (κ3) is 4.24. The van der Waals surface area contributed by atoms with Crippen molar-refractivity contribution in [2.75, 3.05) is 5.32 Å². The molecule has 2 heterocycles. The Morgan fingerprint density at radius 3 is 2.60 bits per heavy atom. The first-order valence-corrected chi connectivity index (χ1v) is 10.7. The van der Waals surface area contributed by atoms with Crippen LogP contribution in [-0.4, -0.2) is 25.8 Å². The van der Waals surface area contributed by atoms with Crippen LogP contribution in [0.25, 0.3) is 10.9 Å². The van der Waals surface area contributed by atoms with Crippen LogP contribution in [0, 0.1) is 12.8 Å². The smallest absolute Gasteiger partial charge is 0.274 e. The van der Waals surface area contributed by atoms with Gasteiger partial charge in [-0.05, 0) is 76.6 Å². The van der Waals surface area contributed by atoms with Gasteiger partial charge in [0.05, 0.1) is 17.2 Å². The van der Waals surface area contributed by atoms with Crippen molar-refractivity contribution in [3.8, 4) is 0 Å². The summed E-state index contributed by atoms with van der Waals surface area (Å²) in [5.41, 5.74) is 2.06. The quantitative estimate of drug-likeness (QED) is 0.641. The van der Waals surface area contributed by atoms with Gasteiger partial charge in [-0.3, -0.25) is 9.48 Å². The first-order chi connectivity index (χ1) is 14.2. The van der Waals surface area contributed by atoms with Gasteiger partial charge in [0.15, 0.2) is 0 Å². The molecule has 3 aromatic rings. The number of rotatable bonds is 4. The molecule has 0 atom stereocenters. The Morgan fingerprint density at radius 2 is 1.93 bits per heavy atom. The molecule has 1 saturated carbocycles. The molecule has 1 fully saturated rings. The number of carbonyl (C=O) groups is 1. The van der Waals surface area contributed by atoms with Gasteiger partial charge in [-0.2, -0.15) is 5.10 Å². The lowest BCUT2D eigenvalue weighted by Crippen LogP contribution is -2.21. The molecule has 0 spiro atoms. The van der Waals surface area contributed by atoms with Gasteiger partial charge in [0, 0.05) is 28.5 Å². The number of anilines is 1. The predicted molar refractivity (Wildman–Crippen MR) is 119 cm³/mol. The highest BCUT2D eigenvalue weighted by Gasteiger charge is 2.25. The topological polar surface area (TPSA) is 80.0 Å². The molecule has 1 amide bonds. The van der Waals surface area contributed by atoms with E-state index in [4.69, 9.17) is 5.10 Å². The van der Waals surface area contributed by atoms with E-state index in [0.717, 1.165) is 35.4 Å². The fraction of sp³-hybridized carbons (Fsp3) is 0.458. The highest BCUT2D eigenvalue weighted by molar-refractivity contribution is 6.04. The van der Waals surface area contributed by atoms with E-state index in [0.29, 0.717) is 23.0 Å². The standard InChI is InChI=1S/C24H30N4O2/c1-15-8-10-18(11-9-15)28-14-17-12-22(19(24(3,4)30)13-21(17)27-28)26-23(29)20-7-5-6-16(2)25-20/h5-7,12-15,18,30H,8-11H2,1-4H3,(H,26,29). The summed E-state index contributed by atoms with van der Waals surface area (Å²) in [5.74, 6) is 0.488. The predicted octanol–water partition coefficient (Wildman–Crippen LogP) is 4.97. The van der Waals surface area contributed by atoms with Gasteiger partial charge in [0.1, 0.15) is 5.69 Å². The van der Waals surface area contributed by atoms with Crippen molar-refractivity contribution in [2.45, 2.75) is 65.0 Å². The van der Waals surface area contributed by atoms with Crippen molar-refractivity contribution < 1.29 is 9.90 Å². The summed E-state index contributed by atoms with van der Waals surface area (Å²) in [4.78, 5) is 17.1. The average Bonchev–Trinajstić information content (AvgIpc) is 3.10. The van der Waals surface area contributed by atoms with Crippen molar-refractivity contribution in [2.24, 2.45) is 5.92 Å². The molecule has 1 aromatic carbocycles. The van der Waals surface area contributed by atoms with Crippen LogP contribution in [0.1, 0.15) is 74.2 Å². The van der Waals surface area contributed by atoms with Crippen LogP contribution in [0.15, 0.2) is 36.5 Å². The largest absolute Gasteiger partial charge is 0.386 e. The maximum absolute atomic E-state index is 12.8. The van der Waals surface area contributed by atoms with Crippen molar-refractivity contribution >= 4 is 22.5 Å². The van der Waals surface area contributed by atoms with E-state index >= 15 is 0 Å². The van der Waals surface area contributed by atoms with E-state index in [9.17, 15) is 9.90 Å². The van der Waals surface area contributed by atoms with Gasteiger partial charge < -0.3 is 10.4 Å². The fourth-order valence-electron chi connectivity index (χ4n) is 4.25. The van der Waals surface area contributed by atoms with E-state index in [1.807, 2.05) is 31.2 Å². The fourth-order valence-corrected chi connectivity index (χ4v) is 4.25. The minimum absolute atomic E-state index is 0.294. The van der Waals surface area contributed by atoms with Crippen molar-refractivity contribution in [3.05, 3.63) is 53.5 Å². The first-order valence-electron chi connectivity index (χ1n) is 10.7. The van der Waals surface area contributed by atoms with E-state index in [2.05, 4.69) is 28.1 Å². The molecule has 6 heteroatoms. The summed E-state index contributed by atoms with van der Waals surface area (Å²) in [5, 5.41) is 19.4. The maximum Gasteiger partial charge on any atom is 0.274 e. The van der Waals surface area contributed by atoms with E-state index in [1.165, 1.54) is 12.8 Å². The minimum Gasteiger partial charge on any atom is -0.386 e. The molecule has 30 heavy (non-hydrogen) atoms. The number of aromatic nitrogens is 3. The molecule has 0 saturated heterocycles. The number of carbonyl (C=O) groups excluding carboxylic acids is 1. The second-order valence-electron chi connectivity index (χ2n) is 9.16. The molecule has 2 N–H and O–H groups in total. The summed E-state index contributed by atoms with van der Waals surface area (Å²) >= 11 is 0. The summed E-state index contributed by atoms with van der Waals surface area (Å²) in [6.45, 7) is 7.59. The third-order valence-corrected chi connectivity index (χ3v) is 6.05. The zero-order chi connectivity index (χ0) is 21.5. The number of hydrogen-bond donors (Lipinski definition) is 2. The Bertz CT molecular complexity index is 1070. The van der Waals surface area contributed by atoms with E-state index in [-0.39, 0.29) is 5.91 Å². The zero-order valence-electron chi connectivity index (χ0n) is 18.1. The van der Waals surface area contributed by atoms with Gasteiger partial charge in [-0.15, -0.1) is 0 Å². The molecule has 6 nitrogen and oxygen atoms in total. The number of aliphatic hydroxyl groups is 1. The van der Waals surface area contributed by atoms with Crippen LogP contribution in [0.5, 0.6) is 0 Å². The second-order valence-corrected chi connectivity index (χ2v) is 9.16. The summed E-state index contributed by atoms with van der Waals surface area (Å²) < 4.78 is 2.07. The molecular weight excluding hydrogens is 376 g/mol. The van der Waals surface area contributed by atoms with E-state index in [1.54, 1.807) is 19.9 Å². The van der Waals surface area contributed by atoms with Gasteiger partial charge >= 0.3 is 0 Å². The third-order valence-electron chi connectivity index (χ3n) is 6.05. The molecule has 0 aliphatic heterocycles. The SMILES string of the molecule is Cc1cccc(C(=O)Nc2cc3cn(C4CCC(C)CC4)nc3cc2C(C)(C)O)n1. The minimum atomic E-state index is -1.12. The Kier molecular flexibility index (Phi) is 5.36. The average molecular weight is 407 g/mol. The normalized spacial score (nSPS) is 19.8. The summed E-state index contributed by atoms with van der Waals surface area (Å²) in [6.07, 6.45) is 6.78. The second kappa shape index (κ2) is 7.84. The van der Waals surface area contributed by atoms with Crippen LogP contribution >= 0.6 is 0 Å². The van der Waals surface area contributed by atoms with Crippen LogP contribution < -0.4 is 5.32 Å². The van der Waals surface area contributed by atoms with Crippen molar-refractivity contribution in [1.29, 1.82) is 0 Å². The molecule has 2 aromatic heterocycles. The van der Waals surface area contributed by atoms with E-state index < -0.39 is 5.60 Å². The van der Waals surface area contributed by atoms with Crippen LogP contribution in [0.3, 0.4) is 0 Å². The van der Waals surface area contributed by atoms with Gasteiger partial charge in [0.2, 0.25) is 0 Å². The summed E-state index contributed by atoms with van der Waals surface area (Å²) in [6, 6.07) is 9.56. The first kappa shape index (κ1) is 20.5. The number of aryl methyl sites for hydroxylation is 1. The molecule has 0 radical (unpaired) electrons. The molecule has 0 bridgehead atoms. The Balaban J connectivity index is 1.69. The van der Waals surface area contributed by atoms with Crippen molar-refractivity contribution in [1.82, 2.24) is 14.8 Å². The number of fused-ring (bicyclic) bond motifs is 1. The van der Waals surface area contributed by atoms with Crippen LogP contribution in [0.4, 0.5) is 5.69 Å². The lowest BCUT2D eigenvalue weighted by Gasteiger charge is -2.26. The zero-order valence-corrected chi connectivity index (χ0v) is 18.1. The molecule has 158 valence electrons. The molecule has 1 aliphatic rings. The molecule has 4 rings (SSSR count). The van der Waals surface area contributed by atoms with Gasteiger partial charge in [-0.1, -0.05) is 13.0 Å². The number of benzene rings is 1. The van der Waals surface area contributed by atoms with Crippen LogP contribution in [-0.2, 0) is 5.60 Å². The monoisotopic (exact) mass is 406 g/mol. The Labute approximate surface area is 177 Å². The number of nitrogens with zero attached hydrogens (tertiary/aromatic N) is 3. The van der Waals surface area contributed by atoms with Gasteiger partial charge in [-0.25, -0.2) is 4.98 Å². The highest BCUT2D eigenvalue weighted by Crippen LogP contribution is 2.35. The number of hydrogen-bond acceptors (Lipinski definition) is 4. The Hall–Kier alpha value is -2.73. The Morgan fingerprint density at radius 1 is 1.20 bits per heavy atom. The lowest BCUT2D eigenvalue weighted by molar-refractivity contribution is 0.0793. The molecule has 1 aliphatic carbocycles. The highest BCUT2D eigenvalue weighted by atomic mass is 16.3. The maximum atomic E-state index is 12.8. The van der Waals surface area contributed by atoms with Crippen LogP contribution in [0.2, 0.25) is 0 Å². The van der Waals surface area contributed by atoms with Gasteiger partial charge in [0.25, 0.3) is 5.91 Å². The number of nitrogens with one attached hydrogen (secondary N) is 1. The number of amides is 1. The molecular formula is C24H30N4O2. The summed E-state index contributed by atoms with van der Waals surface area (Å²) in [7, 11) is 0. The number of pyridine rings is 1. The van der Waals surface area contributed by atoms with Crippen molar-refractivity contribution in [3.63, 3.8) is 0 Å². The lowest BCUT2D eigenvalue weighted by atomic mass is 9.87. The molecule has 0 unspecified atom stereocenters.